The van der Waals surface area contributed by atoms with Gasteiger partial charge in [0.15, 0.2) is 0 Å². The van der Waals surface area contributed by atoms with Gasteiger partial charge in [0.25, 0.3) is 0 Å². The Bertz CT molecular complexity index is 2730. The van der Waals surface area contributed by atoms with Crippen molar-refractivity contribution in [3.8, 4) is 34.3 Å². The predicted octanol–water partition coefficient (Wildman–Crippen LogP) is 14.0. The predicted molar refractivity (Wildman–Crippen MR) is 218 cm³/mol. The van der Waals surface area contributed by atoms with Crippen molar-refractivity contribution in [3.63, 3.8) is 0 Å². The van der Waals surface area contributed by atoms with E-state index in [2.05, 4.69) is 107 Å². The van der Waals surface area contributed by atoms with E-state index in [4.69, 9.17) is 14.7 Å². The number of aromatic nitrogens is 2. The van der Waals surface area contributed by atoms with Gasteiger partial charge in [-0.1, -0.05) is 101 Å². The first-order valence-corrected chi connectivity index (χ1v) is 19.6. The van der Waals surface area contributed by atoms with Crippen LogP contribution in [0.1, 0.15) is 45.7 Å². The molecule has 4 aromatic carbocycles. The summed E-state index contributed by atoms with van der Waals surface area (Å²) >= 11 is 5.64. The second kappa shape index (κ2) is 12.0. The molecule has 6 heteroatoms. The molecule has 5 aromatic heterocycles. The van der Waals surface area contributed by atoms with E-state index in [1.807, 2.05) is 70.4 Å². The highest BCUT2D eigenvalue weighted by Crippen LogP contribution is 2.50. The van der Waals surface area contributed by atoms with E-state index in [0.717, 1.165) is 34.3 Å². The Morgan fingerprint density at radius 3 is 2.24 bits per heavy atom. The molecule has 0 aliphatic rings. The molecule has 0 aliphatic carbocycles. The van der Waals surface area contributed by atoms with Crippen LogP contribution in [0.3, 0.4) is 0 Å². The molecule has 0 radical (unpaired) electrons. The number of nitrogens with zero attached hydrogens (tertiary/aromatic N) is 2. The topological polar surface area (TPSA) is 35.0 Å². The summed E-state index contributed by atoms with van der Waals surface area (Å²) in [5.74, 6) is 1.67. The standard InChI is InChI=1S/C44H36N2OS3/c1-25(2)20-26-18-19-29-31-24-38(47-37-17-11-15-33(45-37)27-12-7-6-8-13-27)46-41(42(31)48-35(29)21-26)28-22-32(44(3,4)5)40-36(23-28)50-43-39(40)30-14-9-10-16-34(30)49-43/h6-19,21-25H,20H2,1-5H3. The Balaban J connectivity index is 1.27. The van der Waals surface area contributed by atoms with Crippen molar-refractivity contribution >= 4 is 83.8 Å². The molecule has 0 unspecified atom stereocenters. The largest absolute Gasteiger partial charge is 0.421 e. The van der Waals surface area contributed by atoms with Crippen molar-refractivity contribution in [3.05, 3.63) is 120 Å². The van der Waals surface area contributed by atoms with E-state index in [0.29, 0.717) is 17.7 Å². The molecule has 9 aromatic rings. The lowest BCUT2D eigenvalue weighted by Gasteiger charge is -2.22. The summed E-state index contributed by atoms with van der Waals surface area (Å²) in [4.78, 5) is 10.2. The van der Waals surface area contributed by atoms with Gasteiger partial charge in [-0.15, -0.1) is 34.0 Å². The van der Waals surface area contributed by atoms with Crippen LogP contribution < -0.4 is 4.74 Å². The summed E-state index contributed by atoms with van der Waals surface area (Å²) in [5, 5.41) is 6.51. The molecule has 0 fully saturated rings. The summed E-state index contributed by atoms with van der Waals surface area (Å²) in [5.41, 5.74) is 6.64. The monoisotopic (exact) mass is 704 g/mol. The minimum Gasteiger partial charge on any atom is -0.421 e. The molecule has 0 aliphatic heterocycles. The first-order valence-electron chi connectivity index (χ1n) is 17.1. The van der Waals surface area contributed by atoms with Gasteiger partial charge in [-0.25, -0.2) is 9.97 Å². The van der Waals surface area contributed by atoms with Crippen LogP contribution in [-0.4, -0.2) is 9.97 Å². The molecule has 0 bridgehead atoms. The van der Waals surface area contributed by atoms with Crippen molar-refractivity contribution in [2.45, 2.75) is 46.5 Å². The zero-order valence-corrected chi connectivity index (χ0v) is 31.2. The normalized spacial score (nSPS) is 12.4. The summed E-state index contributed by atoms with van der Waals surface area (Å²) in [7, 11) is 0. The van der Waals surface area contributed by atoms with E-state index in [9.17, 15) is 0 Å². The number of hydrogen-bond donors (Lipinski definition) is 0. The second-order valence-corrected chi connectivity index (χ2v) is 18.0. The van der Waals surface area contributed by atoms with Crippen LogP contribution in [0, 0.1) is 5.92 Å². The van der Waals surface area contributed by atoms with E-state index >= 15 is 0 Å². The van der Waals surface area contributed by atoms with Crippen LogP contribution in [0.15, 0.2) is 109 Å². The average Bonchev–Trinajstić information content (AvgIpc) is 3.76. The third-order valence-electron chi connectivity index (χ3n) is 9.34. The summed E-state index contributed by atoms with van der Waals surface area (Å²) in [6.45, 7) is 11.5. The lowest BCUT2D eigenvalue weighted by atomic mass is 9.83. The number of fused-ring (bicyclic) bond motifs is 8. The van der Waals surface area contributed by atoms with Crippen molar-refractivity contribution in [1.29, 1.82) is 0 Å². The van der Waals surface area contributed by atoms with Gasteiger partial charge in [0.05, 0.1) is 20.1 Å². The molecule has 3 nitrogen and oxygen atoms in total. The smallest absolute Gasteiger partial charge is 0.222 e. The molecular formula is C44H36N2OS3. The van der Waals surface area contributed by atoms with E-state index in [1.165, 1.54) is 55.5 Å². The van der Waals surface area contributed by atoms with Crippen molar-refractivity contribution in [1.82, 2.24) is 9.97 Å². The first kappa shape index (κ1) is 31.4. The van der Waals surface area contributed by atoms with Crippen LogP contribution in [0.5, 0.6) is 11.8 Å². The van der Waals surface area contributed by atoms with Gasteiger partial charge in [0, 0.05) is 64.3 Å². The second-order valence-electron chi connectivity index (χ2n) is 14.6. The number of thiophene rings is 3. The Kier molecular flexibility index (Phi) is 7.54. The minimum atomic E-state index is -0.0771. The molecule has 5 heterocycles. The Labute approximate surface area is 303 Å². The third-order valence-corrected chi connectivity index (χ3v) is 12.9. The number of ether oxygens (including phenoxy) is 1. The summed E-state index contributed by atoms with van der Waals surface area (Å²) < 4.78 is 13.1. The zero-order valence-electron chi connectivity index (χ0n) is 28.7. The van der Waals surface area contributed by atoms with Crippen molar-refractivity contribution in [2.24, 2.45) is 5.92 Å². The Hall–Kier alpha value is -4.62. The van der Waals surface area contributed by atoms with E-state index < -0.39 is 0 Å². The Morgan fingerprint density at radius 2 is 1.42 bits per heavy atom. The quantitative estimate of drug-likeness (QED) is 0.173. The molecule has 9 rings (SSSR count). The first-order chi connectivity index (χ1) is 24.2. The lowest BCUT2D eigenvalue weighted by molar-refractivity contribution is 0.447. The molecule has 50 heavy (non-hydrogen) atoms. The van der Waals surface area contributed by atoms with Gasteiger partial charge in [-0.3, -0.25) is 0 Å². The highest BCUT2D eigenvalue weighted by Gasteiger charge is 2.25. The van der Waals surface area contributed by atoms with Gasteiger partial charge in [-0.05, 0) is 59.2 Å². The fraction of sp³-hybridized carbons (Fsp3) is 0.182. The number of rotatable bonds is 6. The van der Waals surface area contributed by atoms with Gasteiger partial charge in [-0.2, -0.15) is 0 Å². The molecule has 0 spiro atoms. The molecule has 0 N–H and O–H groups in total. The van der Waals surface area contributed by atoms with E-state index in [1.54, 1.807) is 0 Å². The van der Waals surface area contributed by atoms with Crippen LogP contribution in [0.2, 0.25) is 0 Å². The fourth-order valence-electron chi connectivity index (χ4n) is 7.11. The highest BCUT2D eigenvalue weighted by molar-refractivity contribution is 7.44. The summed E-state index contributed by atoms with van der Waals surface area (Å²) in [6, 6.07) is 38.8. The maximum absolute atomic E-state index is 6.56. The number of hydrogen-bond acceptors (Lipinski definition) is 6. The van der Waals surface area contributed by atoms with Crippen molar-refractivity contribution in [2.75, 3.05) is 0 Å². The highest BCUT2D eigenvalue weighted by atomic mass is 32.2. The number of pyridine rings is 2. The molecule has 0 saturated carbocycles. The lowest BCUT2D eigenvalue weighted by Crippen LogP contribution is -2.11. The van der Waals surface area contributed by atoms with Gasteiger partial charge in [0.1, 0.15) is 0 Å². The third kappa shape index (κ3) is 5.47. The molecule has 246 valence electrons. The maximum Gasteiger partial charge on any atom is 0.222 e. The van der Waals surface area contributed by atoms with Crippen LogP contribution in [0.25, 0.3) is 72.3 Å². The van der Waals surface area contributed by atoms with Gasteiger partial charge < -0.3 is 4.74 Å². The van der Waals surface area contributed by atoms with Gasteiger partial charge >= 0.3 is 0 Å². The molecule has 0 atom stereocenters. The minimum absolute atomic E-state index is 0.0771. The Morgan fingerprint density at radius 1 is 0.620 bits per heavy atom. The summed E-state index contributed by atoms with van der Waals surface area (Å²) in [6.07, 6.45) is 1.06. The van der Waals surface area contributed by atoms with Crippen LogP contribution >= 0.6 is 34.0 Å². The maximum atomic E-state index is 6.56. The van der Waals surface area contributed by atoms with Crippen LogP contribution in [0.4, 0.5) is 0 Å². The van der Waals surface area contributed by atoms with Crippen LogP contribution in [-0.2, 0) is 11.8 Å². The average molecular weight is 705 g/mol. The van der Waals surface area contributed by atoms with Crippen molar-refractivity contribution < 1.29 is 4.74 Å². The molecule has 0 saturated heterocycles. The number of benzene rings is 4. The zero-order chi connectivity index (χ0) is 34.1. The molecular weight excluding hydrogens is 669 g/mol. The van der Waals surface area contributed by atoms with Gasteiger partial charge in [0.2, 0.25) is 11.8 Å². The SMILES string of the molecule is CC(C)Cc1ccc2c(c1)sc1c(-c3cc(C(C)(C)C)c4c(c3)sc3sc5ccccc5c34)nc(Oc3cccc(-c4ccccc4)n3)cc12. The molecule has 0 amide bonds. The fourth-order valence-corrected chi connectivity index (χ4v) is 11.0. The van der Waals surface area contributed by atoms with E-state index in [-0.39, 0.29) is 5.41 Å².